The number of aryl methyl sites for hydroxylation is 4. The van der Waals surface area contributed by atoms with Crippen LogP contribution in [0.1, 0.15) is 39.8 Å². The smallest absolute Gasteiger partial charge is 0.332 e. The summed E-state index contributed by atoms with van der Waals surface area (Å²) in [6.07, 6.45) is 0. The zero-order valence-electron chi connectivity index (χ0n) is 19.9. The van der Waals surface area contributed by atoms with Crippen LogP contribution in [0, 0.1) is 27.7 Å². The molecule has 33 heavy (non-hydrogen) atoms. The van der Waals surface area contributed by atoms with Gasteiger partial charge in [0, 0.05) is 51.9 Å². The Morgan fingerprint density at radius 3 is 2.15 bits per heavy atom. The van der Waals surface area contributed by atoms with Crippen molar-refractivity contribution in [3.8, 4) is 0 Å². The lowest BCUT2D eigenvalue weighted by atomic mass is 10.1. The molecule has 2 aromatic heterocycles. The molecular weight excluding hydrogens is 420 g/mol. The summed E-state index contributed by atoms with van der Waals surface area (Å²) in [4.78, 5) is 53.2. The molecule has 9 nitrogen and oxygen atoms in total. The predicted molar refractivity (Wildman–Crippen MR) is 126 cm³/mol. The fraction of sp³-hybridized carbons (Fsp3) is 0.458. The number of aromatic nitrogens is 2. The van der Waals surface area contributed by atoms with Crippen LogP contribution < -0.4 is 9.80 Å². The number of hydrogen-bond donors (Lipinski definition) is 0. The van der Waals surface area contributed by atoms with Crippen LogP contribution in [-0.4, -0.2) is 76.9 Å². The fourth-order valence-corrected chi connectivity index (χ4v) is 4.41. The van der Waals surface area contributed by atoms with Gasteiger partial charge < -0.3 is 9.80 Å². The van der Waals surface area contributed by atoms with Crippen LogP contribution >= 0.6 is 0 Å². The Morgan fingerprint density at radius 1 is 0.848 bits per heavy atom. The van der Waals surface area contributed by atoms with Gasteiger partial charge in [0.1, 0.15) is 11.6 Å². The van der Waals surface area contributed by atoms with Crippen molar-refractivity contribution in [2.45, 2.75) is 34.6 Å². The third-order valence-corrected chi connectivity index (χ3v) is 6.46. The van der Waals surface area contributed by atoms with Crippen molar-refractivity contribution in [3.05, 3.63) is 46.3 Å². The second-order valence-corrected chi connectivity index (χ2v) is 8.72. The largest absolute Gasteiger partial charge is 0.353 e. The maximum absolute atomic E-state index is 13.2. The van der Waals surface area contributed by atoms with Gasteiger partial charge in [-0.15, -0.1) is 0 Å². The van der Waals surface area contributed by atoms with E-state index in [2.05, 4.69) is 29.8 Å². The first kappa shape index (κ1) is 22.7. The topological polar surface area (TPSA) is 90.0 Å². The van der Waals surface area contributed by atoms with Gasteiger partial charge in [-0.25, -0.2) is 14.8 Å². The number of carbonyl (C=O) groups is 3. The minimum atomic E-state index is -0.375. The monoisotopic (exact) mass is 450 g/mol. The van der Waals surface area contributed by atoms with Crippen LogP contribution in [0.4, 0.5) is 16.4 Å². The van der Waals surface area contributed by atoms with Gasteiger partial charge in [0.2, 0.25) is 5.91 Å². The van der Waals surface area contributed by atoms with E-state index in [0.29, 0.717) is 43.3 Å². The Bertz CT molecular complexity index is 1120. The molecule has 2 saturated heterocycles. The van der Waals surface area contributed by atoms with Gasteiger partial charge in [-0.1, -0.05) is 6.07 Å². The molecule has 0 bridgehead atoms. The number of imide groups is 1. The zero-order valence-corrected chi connectivity index (χ0v) is 19.9. The Balaban J connectivity index is 1.44. The lowest BCUT2D eigenvalue weighted by Crippen LogP contribution is -2.49. The summed E-state index contributed by atoms with van der Waals surface area (Å²) in [5.41, 5.74) is 4.46. The van der Waals surface area contributed by atoms with Crippen molar-refractivity contribution in [1.29, 1.82) is 0 Å². The van der Waals surface area contributed by atoms with Crippen LogP contribution in [-0.2, 0) is 4.79 Å². The maximum atomic E-state index is 13.2. The number of anilines is 2. The van der Waals surface area contributed by atoms with E-state index in [1.165, 1.54) is 22.3 Å². The Morgan fingerprint density at radius 2 is 1.55 bits per heavy atom. The number of nitrogens with zero attached hydrogens (tertiary/aromatic N) is 6. The molecule has 4 amide bonds. The average Bonchev–Trinajstić information content (AvgIpc) is 3.17. The lowest BCUT2D eigenvalue weighted by molar-refractivity contribution is -0.125. The Labute approximate surface area is 194 Å². The first-order valence-corrected chi connectivity index (χ1v) is 11.2. The molecule has 174 valence electrons. The molecule has 4 heterocycles. The van der Waals surface area contributed by atoms with Gasteiger partial charge in [-0.2, -0.15) is 0 Å². The van der Waals surface area contributed by atoms with Gasteiger partial charge in [-0.3, -0.25) is 19.4 Å². The van der Waals surface area contributed by atoms with Crippen molar-refractivity contribution >= 4 is 29.5 Å². The van der Waals surface area contributed by atoms with E-state index >= 15 is 0 Å². The van der Waals surface area contributed by atoms with Gasteiger partial charge in [0.25, 0.3) is 5.91 Å². The molecule has 0 saturated carbocycles. The Hall–Kier alpha value is -3.49. The number of pyridine rings is 2. The molecule has 0 unspecified atom stereocenters. The maximum Gasteiger partial charge on any atom is 0.332 e. The normalized spacial score (nSPS) is 16.6. The summed E-state index contributed by atoms with van der Waals surface area (Å²) in [6, 6.07) is 5.19. The van der Waals surface area contributed by atoms with Crippen molar-refractivity contribution in [3.63, 3.8) is 0 Å². The third kappa shape index (κ3) is 4.27. The van der Waals surface area contributed by atoms with Crippen LogP contribution in [0.2, 0.25) is 0 Å². The minimum Gasteiger partial charge on any atom is -0.353 e. The van der Waals surface area contributed by atoms with Gasteiger partial charge in [0.15, 0.2) is 0 Å². The third-order valence-electron chi connectivity index (χ3n) is 6.46. The van der Waals surface area contributed by atoms with E-state index in [0.717, 1.165) is 30.2 Å². The first-order valence-electron chi connectivity index (χ1n) is 11.2. The molecule has 0 radical (unpaired) electrons. The zero-order chi connectivity index (χ0) is 23.9. The highest BCUT2D eigenvalue weighted by Crippen LogP contribution is 2.24. The molecule has 2 aliphatic rings. The quantitative estimate of drug-likeness (QED) is 0.714. The number of urea groups is 1. The molecule has 2 fully saturated rings. The summed E-state index contributed by atoms with van der Waals surface area (Å²) in [5.74, 6) is 1.10. The SMILES string of the molecule is CC(=O)N1CCN(c2ccc(C(=O)N3CCN(c4nc(C)c(C)cc4C)CC3)c(C)n2)C1=O. The highest BCUT2D eigenvalue weighted by Gasteiger charge is 2.33. The molecule has 2 aromatic rings. The average molecular weight is 451 g/mol. The van der Waals surface area contributed by atoms with Crippen LogP contribution in [0.5, 0.6) is 0 Å². The van der Waals surface area contributed by atoms with E-state index in [4.69, 9.17) is 4.98 Å². The molecule has 9 heteroatoms. The van der Waals surface area contributed by atoms with E-state index < -0.39 is 0 Å². The van der Waals surface area contributed by atoms with E-state index in [1.54, 1.807) is 19.1 Å². The standard InChI is InChI=1S/C24H30N6O3/c1-15-14-16(2)22(26-17(15)3)27-8-10-28(11-9-27)23(32)20-6-7-21(25-18(20)4)30-13-12-29(19(5)31)24(30)33/h6-7,14H,8-13H2,1-5H3. The molecule has 2 aliphatic heterocycles. The van der Waals surface area contributed by atoms with E-state index in [-0.39, 0.29) is 17.8 Å². The number of carbonyl (C=O) groups excluding carboxylic acids is 3. The van der Waals surface area contributed by atoms with Crippen LogP contribution in [0.3, 0.4) is 0 Å². The van der Waals surface area contributed by atoms with Crippen molar-refractivity contribution in [1.82, 2.24) is 19.8 Å². The van der Waals surface area contributed by atoms with E-state index in [9.17, 15) is 14.4 Å². The van der Waals surface area contributed by atoms with Crippen molar-refractivity contribution in [2.75, 3.05) is 49.1 Å². The van der Waals surface area contributed by atoms with Gasteiger partial charge in [0.05, 0.1) is 11.3 Å². The van der Waals surface area contributed by atoms with Crippen LogP contribution in [0.25, 0.3) is 0 Å². The number of rotatable bonds is 3. The number of hydrogen-bond acceptors (Lipinski definition) is 6. The minimum absolute atomic E-state index is 0.0610. The fourth-order valence-electron chi connectivity index (χ4n) is 4.41. The molecular formula is C24H30N6O3. The number of piperazine rings is 1. The molecule has 0 N–H and O–H groups in total. The summed E-state index contributed by atoms with van der Waals surface area (Å²) in [6.45, 7) is 12.7. The van der Waals surface area contributed by atoms with Crippen molar-refractivity contribution in [2.24, 2.45) is 0 Å². The molecule has 0 atom stereocenters. The summed E-state index contributed by atoms with van der Waals surface area (Å²) in [5, 5.41) is 0. The van der Waals surface area contributed by atoms with Crippen molar-refractivity contribution < 1.29 is 14.4 Å². The Kier molecular flexibility index (Phi) is 6.05. The number of amides is 4. The van der Waals surface area contributed by atoms with Crippen LogP contribution in [0.15, 0.2) is 18.2 Å². The van der Waals surface area contributed by atoms with Gasteiger partial charge in [-0.05, 0) is 51.0 Å². The second kappa shape index (κ2) is 8.80. The van der Waals surface area contributed by atoms with Gasteiger partial charge >= 0.3 is 6.03 Å². The summed E-state index contributed by atoms with van der Waals surface area (Å²) >= 11 is 0. The molecule has 4 rings (SSSR count). The second-order valence-electron chi connectivity index (χ2n) is 8.72. The highest BCUT2D eigenvalue weighted by molar-refractivity contribution is 6.04. The first-order chi connectivity index (χ1) is 15.7. The molecule has 0 spiro atoms. The summed E-state index contributed by atoms with van der Waals surface area (Å²) in [7, 11) is 0. The molecule has 0 aliphatic carbocycles. The van der Waals surface area contributed by atoms with E-state index in [1.807, 2.05) is 11.8 Å². The summed E-state index contributed by atoms with van der Waals surface area (Å²) < 4.78 is 0. The predicted octanol–water partition coefficient (Wildman–Crippen LogP) is 2.46. The molecule has 0 aromatic carbocycles. The lowest BCUT2D eigenvalue weighted by Gasteiger charge is -2.36. The highest BCUT2D eigenvalue weighted by atomic mass is 16.2.